The first kappa shape index (κ1) is 10.4. The summed E-state index contributed by atoms with van der Waals surface area (Å²) in [5.41, 5.74) is 1.10. The number of aromatic nitrogens is 1. The normalized spacial score (nSPS) is 8.70. The summed E-state index contributed by atoms with van der Waals surface area (Å²) < 4.78 is 0. The fourth-order valence-electron chi connectivity index (χ4n) is 0.585. The van der Waals surface area contributed by atoms with Gasteiger partial charge < -0.3 is 0 Å². The van der Waals surface area contributed by atoms with E-state index in [9.17, 15) is 0 Å². The molecule has 0 saturated heterocycles. The second-order valence-corrected chi connectivity index (χ2v) is 3.20. The van der Waals surface area contributed by atoms with Crippen LogP contribution < -0.4 is 0 Å². The third kappa shape index (κ3) is 2.96. The van der Waals surface area contributed by atoms with Gasteiger partial charge in [-0.3, -0.25) is 0 Å². The molecule has 0 aliphatic heterocycles. The molecule has 0 unspecified atom stereocenters. The number of hydrogen-bond acceptors (Lipinski definition) is 1. The van der Waals surface area contributed by atoms with E-state index < -0.39 is 0 Å². The third-order valence-electron chi connectivity index (χ3n) is 1.03. The molecule has 4 heteroatoms. The number of pyridine rings is 1. The number of rotatable bonds is 1. The van der Waals surface area contributed by atoms with Gasteiger partial charge in [0.25, 0.3) is 0 Å². The quantitative estimate of drug-likeness (QED) is 0.672. The zero-order valence-corrected chi connectivity index (χ0v) is 9.92. The van der Waals surface area contributed by atoms with E-state index in [1.807, 2.05) is 6.07 Å². The summed E-state index contributed by atoms with van der Waals surface area (Å²) in [6.07, 6.45) is 1.74. The van der Waals surface area contributed by atoms with Crippen LogP contribution in [0.5, 0.6) is 0 Å². The Labute approximate surface area is 81.3 Å². The molecule has 1 rings (SSSR count). The fraction of sp³-hybridized carbons (Fsp3) is 0.167. The first-order chi connectivity index (χ1) is 4.33. The van der Waals surface area contributed by atoms with Crippen molar-refractivity contribution in [1.82, 2.24) is 4.98 Å². The van der Waals surface area contributed by atoms with Crippen molar-refractivity contribution in [2.75, 3.05) is 0 Å². The van der Waals surface area contributed by atoms with Crippen LogP contribution in [0, 0.1) is 0 Å². The molecule has 0 N–H and O–H groups in total. The zero-order valence-electron chi connectivity index (χ0n) is 5.38. The molecule has 0 spiro atoms. The Balaban J connectivity index is 0.000000810. The van der Waals surface area contributed by atoms with Gasteiger partial charge in [-0.1, -0.05) is 0 Å². The SMILES string of the molecule is Cl.Clc1ccnc([CH2][Zn])c1. The van der Waals surface area contributed by atoms with Crippen LogP contribution in [-0.4, -0.2) is 4.98 Å². The molecule has 1 aromatic rings. The van der Waals surface area contributed by atoms with E-state index in [0.29, 0.717) is 0 Å². The Hall–Kier alpha value is 0.353. The van der Waals surface area contributed by atoms with Gasteiger partial charge in [-0.15, -0.1) is 12.4 Å². The van der Waals surface area contributed by atoms with Crippen LogP contribution >= 0.6 is 24.0 Å². The molecule has 1 nitrogen and oxygen atoms in total. The van der Waals surface area contributed by atoms with E-state index in [-0.39, 0.29) is 12.4 Å². The van der Waals surface area contributed by atoms with Gasteiger partial charge in [0.05, 0.1) is 0 Å². The molecule has 0 atom stereocenters. The second-order valence-electron chi connectivity index (χ2n) is 1.72. The fourth-order valence-corrected chi connectivity index (χ4v) is 1.34. The Morgan fingerprint density at radius 2 is 2.30 bits per heavy atom. The standard InChI is InChI=1S/C6H5ClN.ClH.Zn/c1-5-4-6(7)2-3-8-5;;/h2-4H,1H2;1H;. The average molecular weight is 228 g/mol. The van der Waals surface area contributed by atoms with Crippen molar-refractivity contribution in [3.8, 4) is 0 Å². The summed E-state index contributed by atoms with van der Waals surface area (Å²) in [5, 5.41) is 1.86. The van der Waals surface area contributed by atoms with Crippen LogP contribution in [0.15, 0.2) is 18.3 Å². The van der Waals surface area contributed by atoms with Gasteiger partial charge in [-0.25, -0.2) is 0 Å². The monoisotopic (exact) mass is 226 g/mol. The van der Waals surface area contributed by atoms with Crippen molar-refractivity contribution in [2.45, 2.75) is 5.02 Å². The predicted octanol–water partition coefficient (Wildman–Crippen LogP) is 2.20. The van der Waals surface area contributed by atoms with Crippen LogP contribution in [-0.2, 0) is 23.3 Å². The van der Waals surface area contributed by atoms with Crippen molar-refractivity contribution in [3.63, 3.8) is 0 Å². The zero-order chi connectivity index (χ0) is 6.69. The Bertz CT molecular complexity index is 205. The van der Waals surface area contributed by atoms with Crippen molar-refractivity contribution >= 4 is 24.0 Å². The molecule has 1 aromatic heterocycles. The summed E-state index contributed by atoms with van der Waals surface area (Å²) >= 11 is 6.94. The van der Waals surface area contributed by atoms with E-state index in [1.54, 1.807) is 12.3 Å². The topological polar surface area (TPSA) is 12.9 Å². The molecule has 0 aromatic carbocycles. The molecular formula is C6H6Cl2NZn. The number of nitrogens with zero attached hydrogens (tertiary/aromatic N) is 1. The van der Waals surface area contributed by atoms with Gasteiger partial charge in [0, 0.05) is 0 Å². The molecule has 0 amide bonds. The van der Waals surface area contributed by atoms with E-state index in [0.717, 1.165) is 15.7 Å². The van der Waals surface area contributed by atoms with Gasteiger partial charge in [0.1, 0.15) is 0 Å². The molecular weight excluding hydrogens is 222 g/mol. The van der Waals surface area contributed by atoms with Gasteiger partial charge in [-0.05, 0) is 0 Å². The van der Waals surface area contributed by atoms with Crippen LogP contribution in [0.1, 0.15) is 5.69 Å². The van der Waals surface area contributed by atoms with E-state index >= 15 is 0 Å². The van der Waals surface area contributed by atoms with E-state index in [4.69, 9.17) is 11.6 Å². The first-order valence-corrected chi connectivity index (χ1v) is 5.20. The van der Waals surface area contributed by atoms with Crippen LogP contribution in [0.4, 0.5) is 0 Å². The van der Waals surface area contributed by atoms with Crippen LogP contribution in [0.2, 0.25) is 5.02 Å². The molecule has 10 heavy (non-hydrogen) atoms. The van der Waals surface area contributed by atoms with Crippen molar-refractivity contribution in [1.29, 1.82) is 0 Å². The molecule has 51 valence electrons. The molecule has 0 bridgehead atoms. The first-order valence-electron chi connectivity index (χ1n) is 2.72. The van der Waals surface area contributed by atoms with Gasteiger partial charge in [-0.2, -0.15) is 0 Å². The maximum atomic E-state index is 5.70. The predicted molar refractivity (Wildman–Crippen MR) is 40.2 cm³/mol. The van der Waals surface area contributed by atoms with Crippen LogP contribution in [0.25, 0.3) is 0 Å². The number of halogens is 2. The van der Waals surface area contributed by atoms with Gasteiger partial charge >= 0.3 is 68.9 Å². The molecule has 0 radical (unpaired) electrons. The molecule has 0 aliphatic carbocycles. The van der Waals surface area contributed by atoms with Gasteiger partial charge in [0.15, 0.2) is 0 Å². The average Bonchev–Trinajstić information content (AvgIpc) is 1.88. The van der Waals surface area contributed by atoms with E-state index in [2.05, 4.69) is 4.98 Å². The summed E-state index contributed by atoms with van der Waals surface area (Å²) in [7, 11) is 0. The molecule has 0 fully saturated rings. The minimum atomic E-state index is 0. The number of hydrogen-bond donors (Lipinski definition) is 0. The van der Waals surface area contributed by atoms with Crippen molar-refractivity contribution in [2.24, 2.45) is 0 Å². The van der Waals surface area contributed by atoms with Crippen LogP contribution in [0.3, 0.4) is 0 Å². The van der Waals surface area contributed by atoms with E-state index in [1.165, 1.54) is 18.3 Å². The Morgan fingerprint density at radius 3 is 2.70 bits per heavy atom. The summed E-state index contributed by atoms with van der Waals surface area (Å²) in [6.45, 7) is 0. The maximum absolute atomic E-state index is 5.70. The van der Waals surface area contributed by atoms with Crippen molar-refractivity contribution < 1.29 is 18.3 Å². The summed E-state index contributed by atoms with van der Waals surface area (Å²) in [6, 6.07) is 3.70. The third-order valence-corrected chi connectivity index (χ3v) is 2.34. The summed E-state index contributed by atoms with van der Waals surface area (Å²) in [4.78, 5) is 4.10. The Kier molecular flexibility index (Phi) is 5.24. The summed E-state index contributed by atoms with van der Waals surface area (Å²) in [5.74, 6) is 0. The molecule has 0 saturated carbocycles. The molecule has 1 heterocycles. The van der Waals surface area contributed by atoms with Crippen molar-refractivity contribution in [3.05, 3.63) is 29.0 Å². The molecule has 0 aliphatic rings. The Morgan fingerprint density at radius 1 is 1.60 bits per heavy atom. The second kappa shape index (κ2) is 5.06. The minimum absolute atomic E-state index is 0. The van der Waals surface area contributed by atoms with Gasteiger partial charge in [0.2, 0.25) is 0 Å².